The molecule has 3 rings (SSSR count). The van der Waals surface area contributed by atoms with Gasteiger partial charge < -0.3 is 5.11 Å². The van der Waals surface area contributed by atoms with Gasteiger partial charge in [-0.1, -0.05) is 6.92 Å². The minimum absolute atomic E-state index is 0.0293. The number of hydrogen-bond acceptors (Lipinski definition) is 4. The minimum Gasteiger partial charge on any atom is -0.478 e. The molecule has 6 heteroatoms. The molecule has 2 heterocycles. The molecule has 1 N–H and O–H groups in total. The number of carboxylic acid groups (broad SMARTS) is 1. The molecular formula is C14H14N2O4. The summed E-state index contributed by atoms with van der Waals surface area (Å²) in [6, 6.07) is 2.76. The maximum Gasteiger partial charge on any atom is 0.337 e. The summed E-state index contributed by atoms with van der Waals surface area (Å²) in [5.74, 6) is -1.37. The van der Waals surface area contributed by atoms with Crippen molar-refractivity contribution in [2.45, 2.75) is 19.8 Å². The first-order chi connectivity index (χ1) is 9.49. The molecule has 0 spiro atoms. The summed E-state index contributed by atoms with van der Waals surface area (Å²) >= 11 is 0. The third kappa shape index (κ3) is 1.79. The summed E-state index contributed by atoms with van der Waals surface area (Å²) < 4.78 is 0. The van der Waals surface area contributed by atoms with Crippen molar-refractivity contribution >= 4 is 23.6 Å². The molecular weight excluding hydrogens is 260 g/mol. The molecule has 6 nitrogen and oxygen atoms in total. The fourth-order valence-electron chi connectivity index (χ4n) is 3.15. The van der Waals surface area contributed by atoms with Gasteiger partial charge in [0.2, 0.25) is 11.8 Å². The lowest BCUT2D eigenvalue weighted by molar-refractivity contribution is -0.123. The number of carboxylic acids is 1. The topological polar surface area (TPSA) is 87.6 Å². The molecule has 104 valence electrons. The monoisotopic (exact) mass is 274 g/mol. The zero-order valence-electron chi connectivity index (χ0n) is 10.9. The Morgan fingerprint density at radius 2 is 1.85 bits per heavy atom. The molecule has 1 saturated carbocycles. The molecule has 1 aliphatic carbocycles. The lowest BCUT2D eigenvalue weighted by atomic mass is 10.00. The largest absolute Gasteiger partial charge is 0.478 e. The lowest BCUT2D eigenvalue weighted by Crippen LogP contribution is -2.32. The van der Waals surface area contributed by atoms with Crippen LogP contribution in [-0.2, 0) is 9.59 Å². The molecule has 2 fully saturated rings. The third-order valence-corrected chi connectivity index (χ3v) is 4.10. The SMILES string of the molecule is CC1CC2C(=O)N(c3ccc(C(=O)O)cn3)C(=O)C2C1. The van der Waals surface area contributed by atoms with Gasteiger partial charge in [-0.05, 0) is 30.9 Å². The third-order valence-electron chi connectivity index (χ3n) is 4.10. The quantitative estimate of drug-likeness (QED) is 0.822. The average Bonchev–Trinajstić information content (AvgIpc) is 2.90. The second-order valence-corrected chi connectivity index (χ2v) is 5.51. The Morgan fingerprint density at radius 3 is 2.30 bits per heavy atom. The number of carbonyl (C=O) groups excluding carboxylic acids is 2. The molecule has 20 heavy (non-hydrogen) atoms. The standard InChI is InChI=1S/C14H14N2O4/c1-7-4-9-10(5-7)13(18)16(12(9)17)11-3-2-8(6-15-11)14(19)20/h2-3,6-7,9-10H,4-5H2,1H3,(H,19,20). The number of aromatic nitrogens is 1. The number of anilines is 1. The van der Waals surface area contributed by atoms with Gasteiger partial charge in [0.25, 0.3) is 0 Å². The second-order valence-electron chi connectivity index (χ2n) is 5.51. The van der Waals surface area contributed by atoms with Gasteiger partial charge in [0.05, 0.1) is 17.4 Å². The predicted octanol–water partition coefficient (Wildman–Crippen LogP) is 1.32. The van der Waals surface area contributed by atoms with Crippen LogP contribution in [0.15, 0.2) is 18.3 Å². The minimum atomic E-state index is -1.09. The maximum absolute atomic E-state index is 12.3. The highest BCUT2D eigenvalue weighted by atomic mass is 16.4. The zero-order chi connectivity index (χ0) is 14.4. The van der Waals surface area contributed by atoms with Crippen molar-refractivity contribution in [2.75, 3.05) is 4.90 Å². The van der Waals surface area contributed by atoms with E-state index in [4.69, 9.17) is 5.11 Å². The smallest absolute Gasteiger partial charge is 0.337 e. The van der Waals surface area contributed by atoms with E-state index in [0.717, 1.165) is 23.9 Å². The van der Waals surface area contributed by atoms with Gasteiger partial charge in [-0.25, -0.2) is 14.7 Å². The van der Waals surface area contributed by atoms with Crippen molar-refractivity contribution in [1.29, 1.82) is 0 Å². The van der Waals surface area contributed by atoms with Crippen LogP contribution in [-0.4, -0.2) is 27.9 Å². The normalized spacial score (nSPS) is 28.9. The van der Waals surface area contributed by atoms with Gasteiger partial charge >= 0.3 is 5.97 Å². The average molecular weight is 274 g/mol. The molecule has 2 aliphatic rings. The highest BCUT2D eigenvalue weighted by Crippen LogP contribution is 2.43. The van der Waals surface area contributed by atoms with Crippen LogP contribution in [0.2, 0.25) is 0 Å². The van der Waals surface area contributed by atoms with Crippen molar-refractivity contribution in [3.8, 4) is 0 Å². The maximum atomic E-state index is 12.3. The fraction of sp³-hybridized carbons (Fsp3) is 0.429. The van der Waals surface area contributed by atoms with Crippen LogP contribution in [0.1, 0.15) is 30.1 Å². The first-order valence-electron chi connectivity index (χ1n) is 6.56. The Kier molecular flexibility index (Phi) is 2.81. The number of rotatable bonds is 2. The van der Waals surface area contributed by atoms with Crippen LogP contribution in [0, 0.1) is 17.8 Å². The number of nitrogens with zero attached hydrogens (tertiary/aromatic N) is 2. The zero-order valence-corrected chi connectivity index (χ0v) is 10.9. The molecule has 2 unspecified atom stereocenters. The van der Waals surface area contributed by atoms with Crippen LogP contribution in [0.5, 0.6) is 0 Å². The Morgan fingerprint density at radius 1 is 1.25 bits per heavy atom. The van der Waals surface area contributed by atoms with Crippen LogP contribution in [0.25, 0.3) is 0 Å². The first kappa shape index (κ1) is 12.8. The summed E-state index contributed by atoms with van der Waals surface area (Å²) in [4.78, 5) is 40.4. The van der Waals surface area contributed by atoms with Gasteiger partial charge in [-0.2, -0.15) is 0 Å². The molecule has 1 aliphatic heterocycles. The van der Waals surface area contributed by atoms with Crippen LogP contribution >= 0.6 is 0 Å². The van der Waals surface area contributed by atoms with Crippen molar-refractivity contribution < 1.29 is 19.5 Å². The number of hydrogen-bond donors (Lipinski definition) is 1. The number of pyridine rings is 1. The van der Waals surface area contributed by atoms with Gasteiger partial charge in [-0.3, -0.25) is 9.59 Å². The van der Waals surface area contributed by atoms with E-state index in [1.165, 1.54) is 12.1 Å². The summed E-state index contributed by atoms with van der Waals surface area (Å²) in [6.45, 7) is 2.04. The summed E-state index contributed by atoms with van der Waals surface area (Å²) in [5.41, 5.74) is 0.0293. The van der Waals surface area contributed by atoms with E-state index in [1.807, 2.05) is 6.92 Å². The molecule has 0 aromatic carbocycles. The fourth-order valence-corrected chi connectivity index (χ4v) is 3.15. The Balaban J connectivity index is 1.90. The van der Waals surface area contributed by atoms with Crippen molar-refractivity contribution in [3.05, 3.63) is 23.9 Å². The number of fused-ring (bicyclic) bond motifs is 1. The number of imide groups is 1. The van der Waals surface area contributed by atoms with Crippen molar-refractivity contribution in [3.63, 3.8) is 0 Å². The summed E-state index contributed by atoms with van der Waals surface area (Å²) in [5, 5.41) is 8.82. The van der Waals surface area contributed by atoms with E-state index in [0.29, 0.717) is 5.92 Å². The molecule has 1 aromatic heterocycles. The van der Waals surface area contributed by atoms with Crippen LogP contribution in [0.3, 0.4) is 0 Å². The van der Waals surface area contributed by atoms with Gasteiger partial charge in [0.1, 0.15) is 5.82 Å². The van der Waals surface area contributed by atoms with Crippen LogP contribution < -0.4 is 4.90 Å². The predicted molar refractivity (Wildman–Crippen MR) is 69.1 cm³/mol. The van der Waals surface area contributed by atoms with Gasteiger partial charge in [0, 0.05) is 6.20 Å². The van der Waals surface area contributed by atoms with Gasteiger partial charge in [0.15, 0.2) is 0 Å². The second kappa shape index (κ2) is 4.40. The number of aromatic carboxylic acids is 1. The lowest BCUT2D eigenvalue weighted by Gasteiger charge is -2.15. The first-order valence-corrected chi connectivity index (χ1v) is 6.56. The highest BCUT2D eigenvalue weighted by molar-refractivity contribution is 6.21. The highest BCUT2D eigenvalue weighted by Gasteiger charge is 2.52. The van der Waals surface area contributed by atoms with Crippen molar-refractivity contribution in [1.82, 2.24) is 4.98 Å². The summed E-state index contributed by atoms with van der Waals surface area (Å²) in [6.07, 6.45) is 2.63. The summed E-state index contributed by atoms with van der Waals surface area (Å²) in [7, 11) is 0. The van der Waals surface area contributed by atoms with Crippen LogP contribution in [0.4, 0.5) is 5.82 Å². The molecule has 0 bridgehead atoms. The Hall–Kier alpha value is -2.24. The Labute approximate surface area is 115 Å². The van der Waals surface area contributed by atoms with E-state index < -0.39 is 5.97 Å². The van der Waals surface area contributed by atoms with Crippen molar-refractivity contribution in [2.24, 2.45) is 17.8 Å². The molecule has 1 aromatic rings. The molecule has 1 saturated heterocycles. The molecule has 2 atom stereocenters. The molecule has 0 radical (unpaired) electrons. The van der Waals surface area contributed by atoms with E-state index in [-0.39, 0.29) is 35.0 Å². The van der Waals surface area contributed by atoms with E-state index in [1.54, 1.807) is 0 Å². The van der Waals surface area contributed by atoms with E-state index >= 15 is 0 Å². The Bertz CT molecular complexity index is 572. The van der Waals surface area contributed by atoms with E-state index in [9.17, 15) is 14.4 Å². The van der Waals surface area contributed by atoms with Gasteiger partial charge in [-0.15, -0.1) is 0 Å². The number of amides is 2. The number of carbonyl (C=O) groups is 3. The van der Waals surface area contributed by atoms with E-state index in [2.05, 4.69) is 4.98 Å². The molecule has 2 amide bonds.